The summed E-state index contributed by atoms with van der Waals surface area (Å²) >= 11 is 0. The third-order valence-corrected chi connectivity index (χ3v) is 11.5. The van der Waals surface area contributed by atoms with Gasteiger partial charge < -0.3 is 9.13 Å². The molecule has 8 aromatic carbocycles. The average molecular weight is 783 g/mol. The standard InChI is InChI=1S/C53H33F3N4/c1-32-12-9-14-34(26-32)36-22-24-40-38-16-5-7-20-46(38)59(48(40)28-36)50-30-42(52-43(53(54,55)56)18-11-19-44(52)57-3)45(58-4)31-51(50)60-47-21-8-6-17-39(47)41-25-23-37(29-49(41)60)35-15-10-13-33(2)27-35/h5-31H,1-2H3. The highest BCUT2D eigenvalue weighted by molar-refractivity contribution is 6.13. The number of fused-ring (bicyclic) bond motifs is 6. The largest absolute Gasteiger partial charge is 0.415 e. The van der Waals surface area contributed by atoms with Crippen LogP contribution >= 0.6 is 0 Å². The minimum atomic E-state index is -4.79. The number of aryl methyl sites for hydroxylation is 2. The van der Waals surface area contributed by atoms with Gasteiger partial charge in [0.25, 0.3) is 0 Å². The number of nitrogens with zero attached hydrogens (tertiary/aromatic N) is 4. The quantitative estimate of drug-likeness (QED) is 0.155. The van der Waals surface area contributed by atoms with Crippen LogP contribution in [0.3, 0.4) is 0 Å². The van der Waals surface area contributed by atoms with Gasteiger partial charge in [0.15, 0.2) is 11.4 Å². The molecule has 0 atom stereocenters. The molecule has 0 unspecified atom stereocenters. The molecule has 0 spiro atoms. The summed E-state index contributed by atoms with van der Waals surface area (Å²) < 4.78 is 49.2. The Kier molecular flexibility index (Phi) is 8.45. The average Bonchev–Trinajstić information content (AvgIpc) is 3.77. The van der Waals surface area contributed by atoms with E-state index < -0.39 is 11.7 Å². The Balaban J connectivity index is 1.39. The van der Waals surface area contributed by atoms with E-state index in [1.54, 1.807) is 12.1 Å². The van der Waals surface area contributed by atoms with E-state index in [0.29, 0.717) is 11.4 Å². The molecule has 0 amide bonds. The maximum atomic E-state index is 15.0. The van der Waals surface area contributed by atoms with Crippen molar-refractivity contribution < 1.29 is 13.2 Å². The van der Waals surface area contributed by atoms with E-state index in [9.17, 15) is 13.2 Å². The molecular weight excluding hydrogens is 750 g/mol. The van der Waals surface area contributed by atoms with E-state index >= 15 is 0 Å². The molecule has 0 saturated heterocycles. The molecule has 0 saturated carbocycles. The highest BCUT2D eigenvalue weighted by Crippen LogP contribution is 2.49. The van der Waals surface area contributed by atoms with Crippen LogP contribution in [0.2, 0.25) is 0 Å². The number of benzene rings is 8. The van der Waals surface area contributed by atoms with Gasteiger partial charge in [0, 0.05) is 21.5 Å². The summed E-state index contributed by atoms with van der Waals surface area (Å²) in [5.41, 5.74) is 9.45. The van der Waals surface area contributed by atoms with Crippen LogP contribution in [0.5, 0.6) is 0 Å². The summed E-state index contributed by atoms with van der Waals surface area (Å²) in [5.74, 6) is 0. The Morgan fingerprint density at radius 2 is 0.900 bits per heavy atom. The topological polar surface area (TPSA) is 18.6 Å². The molecule has 0 radical (unpaired) electrons. The third-order valence-electron chi connectivity index (χ3n) is 11.5. The summed E-state index contributed by atoms with van der Waals surface area (Å²) in [6.07, 6.45) is -4.79. The van der Waals surface area contributed by atoms with Crippen LogP contribution < -0.4 is 0 Å². The molecule has 2 heterocycles. The summed E-state index contributed by atoms with van der Waals surface area (Å²) in [6.45, 7) is 20.6. The Bertz CT molecular complexity index is 3480. The van der Waals surface area contributed by atoms with Gasteiger partial charge >= 0.3 is 6.18 Å². The highest BCUT2D eigenvalue weighted by atomic mass is 19.4. The van der Waals surface area contributed by atoms with Crippen LogP contribution in [0, 0.1) is 27.0 Å². The zero-order valence-electron chi connectivity index (χ0n) is 32.5. The van der Waals surface area contributed by atoms with Gasteiger partial charge in [-0.2, -0.15) is 13.2 Å². The van der Waals surface area contributed by atoms with Crippen molar-refractivity contribution in [3.63, 3.8) is 0 Å². The maximum absolute atomic E-state index is 15.0. The predicted molar refractivity (Wildman–Crippen MR) is 238 cm³/mol. The van der Waals surface area contributed by atoms with Crippen LogP contribution in [0.15, 0.2) is 164 Å². The fourth-order valence-electron chi connectivity index (χ4n) is 8.84. The van der Waals surface area contributed by atoms with Gasteiger partial charge in [-0.15, -0.1) is 0 Å². The summed E-state index contributed by atoms with van der Waals surface area (Å²) in [7, 11) is 0. The van der Waals surface area contributed by atoms with Crippen molar-refractivity contribution in [2.75, 3.05) is 0 Å². The number of rotatable bonds is 5. The normalized spacial score (nSPS) is 11.7. The molecule has 10 aromatic rings. The number of aromatic nitrogens is 2. The summed E-state index contributed by atoms with van der Waals surface area (Å²) in [5, 5.41) is 3.91. The first-order valence-corrected chi connectivity index (χ1v) is 19.5. The molecule has 0 fully saturated rings. The van der Waals surface area contributed by atoms with E-state index in [-0.39, 0.29) is 22.5 Å². The minimum Gasteiger partial charge on any atom is -0.308 e. The SMILES string of the molecule is [C-]#[N+]c1cc(-n2c3ccccc3c3ccc(-c4cccc(C)c4)cc32)c(-n2c3ccccc3c3ccc(-c4cccc(C)c4)cc32)cc1-c1c([N+]#[C-])cccc1C(F)(F)F. The van der Waals surface area contributed by atoms with E-state index in [4.69, 9.17) is 13.1 Å². The molecule has 4 nitrogen and oxygen atoms in total. The molecule has 0 aliphatic carbocycles. The molecule has 0 aliphatic heterocycles. The molecule has 60 heavy (non-hydrogen) atoms. The van der Waals surface area contributed by atoms with Gasteiger partial charge in [-0.25, -0.2) is 9.69 Å². The van der Waals surface area contributed by atoms with Crippen LogP contribution in [0.4, 0.5) is 24.5 Å². The predicted octanol–water partition coefficient (Wildman–Crippen LogP) is 15.6. The fourth-order valence-corrected chi connectivity index (χ4v) is 8.84. The molecule has 286 valence electrons. The lowest BCUT2D eigenvalue weighted by molar-refractivity contribution is -0.137. The fraction of sp³-hybridized carbons (Fsp3) is 0.0566. The molecule has 0 N–H and O–H groups in total. The van der Waals surface area contributed by atoms with Crippen LogP contribution in [0.1, 0.15) is 16.7 Å². The second-order valence-electron chi connectivity index (χ2n) is 15.2. The molecule has 2 aromatic heterocycles. The second kappa shape index (κ2) is 13.9. The van der Waals surface area contributed by atoms with Gasteiger partial charge in [0.05, 0.1) is 52.1 Å². The molecule has 7 heteroatoms. The van der Waals surface area contributed by atoms with Gasteiger partial charge in [-0.3, -0.25) is 0 Å². The smallest absolute Gasteiger partial charge is 0.308 e. The van der Waals surface area contributed by atoms with E-state index in [2.05, 4.69) is 118 Å². The number of halogens is 3. The number of alkyl halides is 3. The van der Waals surface area contributed by atoms with E-state index in [0.717, 1.165) is 83.1 Å². The molecular formula is C53H33F3N4. The van der Waals surface area contributed by atoms with Crippen molar-refractivity contribution in [2.24, 2.45) is 0 Å². The summed E-state index contributed by atoms with van der Waals surface area (Å²) in [6, 6.07) is 52.4. The number of para-hydroxylation sites is 2. The third kappa shape index (κ3) is 5.82. The van der Waals surface area contributed by atoms with Crippen molar-refractivity contribution >= 4 is 55.0 Å². The van der Waals surface area contributed by atoms with Gasteiger partial charge in [0.2, 0.25) is 0 Å². The minimum absolute atomic E-state index is 0.00247. The summed E-state index contributed by atoms with van der Waals surface area (Å²) in [4.78, 5) is 7.49. The van der Waals surface area contributed by atoms with E-state index in [1.807, 2.05) is 48.5 Å². The van der Waals surface area contributed by atoms with Crippen molar-refractivity contribution in [1.29, 1.82) is 0 Å². The first kappa shape index (κ1) is 36.5. The second-order valence-corrected chi connectivity index (χ2v) is 15.2. The van der Waals surface area contributed by atoms with Gasteiger partial charge in [0.1, 0.15) is 0 Å². The Labute approximate surface area is 344 Å². The van der Waals surface area contributed by atoms with Gasteiger partial charge in [-0.05, 0) is 83.6 Å². The lowest BCUT2D eigenvalue weighted by Gasteiger charge is -2.22. The number of hydrogen-bond donors (Lipinski definition) is 0. The monoisotopic (exact) mass is 782 g/mol. The molecule has 0 bridgehead atoms. The Morgan fingerprint density at radius 1 is 0.433 bits per heavy atom. The first-order valence-electron chi connectivity index (χ1n) is 19.5. The Morgan fingerprint density at radius 3 is 1.40 bits per heavy atom. The Hall–Kier alpha value is -7.87. The highest BCUT2D eigenvalue weighted by Gasteiger charge is 2.36. The van der Waals surface area contributed by atoms with Crippen LogP contribution in [-0.4, -0.2) is 9.13 Å². The zero-order chi connectivity index (χ0) is 41.3. The van der Waals surface area contributed by atoms with Crippen LogP contribution in [-0.2, 0) is 6.18 Å². The zero-order valence-corrected chi connectivity index (χ0v) is 32.5. The van der Waals surface area contributed by atoms with Crippen molar-refractivity contribution in [3.8, 4) is 44.8 Å². The number of hydrogen-bond acceptors (Lipinski definition) is 0. The molecule has 10 rings (SSSR count). The maximum Gasteiger partial charge on any atom is 0.415 e. The van der Waals surface area contributed by atoms with Gasteiger partial charge in [-0.1, -0.05) is 139 Å². The first-order chi connectivity index (χ1) is 29.1. The molecule has 0 aliphatic rings. The lowest BCUT2D eigenvalue weighted by atomic mass is 9.94. The van der Waals surface area contributed by atoms with Crippen molar-refractivity contribution in [1.82, 2.24) is 9.13 Å². The van der Waals surface area contributed by atoms with E-state index in [1.165, 1.54) is 12.1 Å². The van der Waals surface area contributed by atoms with Crippen molar-refractivity contribution in [3.05, 3.63) is 203 Å². The van der Waals surface area contributed by atoms with Crippen LogP contribution in [0.25, 0.3) is 98.1 Å². The van der Waals surface area contributed by atoms with Crippen molar-refractivity contribution in [2.45, 2.75) is 20.0 Å². The lowest BCUT2D eigenvalue weighted by Crippen LogP contribution is -2.08.